The summed E-state index contributed by atoms with van der Waals surface area (Å²) in [5, 5.41) is 6.76. The number of likely N-dealkylation sites (N-methyl/N-ethyl adjacent to an activating group) is 1. The van der Waals surface area contributed by atoms with Crippen molar-refractivity contribution in [3.63, 3.8) is 0 Å². The summed E-state index contributed by atoms with van der Waals surface area (Å²) in [6.45, 7) is 4.83. The van der Waals surface area contributed by atoms with Crippen LogP contribution < -0.4 is 10.6 Å². The van der Waals surface area contributed by atoms with Crippen LogP contribution in [0, 0.1) is 5.82 Å². The average molecular weight is 237 g/mol. The standard InChI is InChI=1S/C13H20FN3/c1-17-6-5-15-9-13(17)10-16-8-11-3-2-4-12(14)7-11/h2-4,7,13,15-16H,5-6,8-10H2,1H3. The van der Waals surface area contributed by atoms with Gasteiger partial charge >= 0.3 is 0 Å². The van der Waals surface area contributed by atoms with Gasteiger partial charge in [0.1, 0.15) is 5.82 Å². The van der Waals surface area contributed by atoms with Crippen molar-refractivity contribution in [2.45, 2.75) is 12.6 Å². The van der Waals surface area contributed by atoms with E-state index in [0.29, 0.717) is 6.04 Å². The van der Waals surface area contributed by atoms with Gasteiger partial charge in [-0.2, -0.15) is 0 Å². The van der Waals surface area contributed by atoms with Crippen LogP contribution in [0.4, 0.5) is 4.39 Å². The van der Waals surface area contributed by atoms with Crippen molar-refractivity contribution in [2.24, 2.45) is 0 Å². The number of nitrogens with one attached hydrogen (secondary N) is 2. The highest BCUT2D eigenvalue weighted by atomic mass is 19.1. The van der Waals surface area contributed by atoms with Crippen LogP contribution >= 0.6 is 0 Å². The van der Waals surface area contributed by atoms with Crippen molar-refractivity contribution in [2.75, 3.05) is 33.2 Å². The highest BCUT2D eigenvalue weighted by molar-refractivity contribution is 5.15. The summed E-state index contributed by atoms with van der Waals surface area (Å²) >= 11 is 0. The Hall–Kier alpha value is -0.970. The highest BCUT2D eigenvalue weighted by Gasteiger charge is 2.17. The van der Waals surface area contributed by atoms with E-state index in [4.69, 9.17) is 0 Å². The molecule has 1 fully saturated rings. The Morgan fingerprint density at radius 2 is 2.41 bits per heavy atom. The van der Waals surface area contributed by atoms with Gasteiger partial charge in [0, 0.05) is 38.8 Å². The van der Waals surface area contributed by atoms with Crippen molar-refractivity contribution in [3.8, 4) is 0 Å². The van der Waals surface area contributed by atoms with Crippen molar-refractivity contribution >= 4 is 0 Å². The van der Waals surface area contributed by atoms with E-state index in [1.54, 1.807) is 12.1 Å². The van der Waals surface area contributed by atoms with Crippen LogP contribution in [0.5, 0.6) is 0 Å². The summed E-state index contributed by atoms with van der Waals surface area (Å²) in [6, 6.07) is 7.27. The highest BCUT2D eigenvalue weighted by Crippen LogP contribution is 2.03. The molecule has 0 amide bonds. The van der Waals surface area contributed by atoms with Gasteiger partial charge in [0.05, 0.1) is 0 Å². The Morgan fingerprint density at radius 1 is 1.53 bits per heavy atom. The smallest absolute Gasteiger partial charge is 0.123 e. The number of hydrogen-bond donors (Lipinski definition) is 2. The van der Waals surface area contributed by atoms with E-state index in [0.717, 1.165) is 38.3 Å². The maximum Gasteiger partial charge on any atom is 0.123 e. The molecule has 0 saturated carbocycles. The molecule has 1 aromatic rings. The second-order valence-electron chi connectivity index (χ2n) is 4.60. The summed E-state index contributed by atoms with van der Waals surface area (Å²) in [5.41, 5.74) is 0.997. The van der Waals surface area contributed by atoms with Crippen molar-refractivity contribution in [1.82, 2.24) is 15.5 Å². The Kier molecular flexibility index (Phi) is 4.48. The van der Waals surface area contributed by atoms with Crippen molar-refractivity contribution in [1.29, 1.82) is 0 Å². The Balaban J connectivity index is 1.75. The average Bonchev–Trinajstić information content (AvgIpc) is 2.32. The van der Waals surface area contributed by atoms with Crippen molar-refractivity contribution in [3.05, 3.63) is 35.6 Å². The van der Waals surface area contributed by atoms with E-state index in [1.807, 2.05) is 6.07 Å². The summed E-state index contributed by atoms with van der Waals surface area (Å²) in [4.78, 5) is 2.36. The van der Waals surface area contributed by atoms with Gasteiger partial charge < -0.3 is 10.6 Å². The molecule has 0 aromatic heterocycles. The number of benzene rings is 1. The fourth-order valence-corrected chi connectivity index (χ4v) is 2.12. The van der Waals surface area contributed by atoms with Gasteiger partial charge in [-0.1, -0.05) is 12.1 Å². The molecule has 0 radical (unpaired) electrons. The van der Waals surface area contributed by atoms with Crippen LogP contribution in [-0.2, 0) is 6.54 Å². The van der Waals surface area contributed by atoms with Gasteiger partial charge in [-0.05, 0) is 24.7 Å². The van der Waals surface area contributed by atoms with Crippen molar-refractivity contribution < 1.29 is 4.39 Å². The fraction of sp³-hybridized carbons (Fsp3) is 0.538. The topological polar surface area (TPSA) is 27.3 Å². The Labute approximate surface area is 102 Å². The molecule has 1 aliphatic rings. The maximum absolute atomic E-state index is 13.0. The molecule has 3 nitrogen and oxygen atoms in total. The zero-order valence-electron chi connectivity index (χ0n) is 10.2. The van der Waals surface area contributed by atoms with Crippen LogP contribution in [0.2, 0.25) is 0 Å². The lowest BCUT2D eigenvalue weighted by atomic mass is 10.2. The lowest BCUT2D eigenvalue weighted by Crippen LogP contribution is -2.53. The number of hydrogen-bond acceptors (Lipinski definition) is 3. The third kappa shape index (κ3) is 3.77. The minimum Gasteiger partial charge on any atom is -0.314 e. The monoisotopic (exact) mass is 237 g/mol. The predicted octanol–water partition coefficient (Wildman–Crippen LogP) is 0.819. The third-order valence-electron chi connectivity index (χ3n) is 3.24. The minimum atomic E-state index is -0.166. The Morgan fingerprint density at radius 3 is 3.18 bits per heavy atom. The lowest BCUT2D eigenvalue weighted by molar-refractivity contribution is 0.195. The van der Waals surface area contributed by atoms with Crippen LogP contribution in [0.25, 0.3) is 0 Å². The first-order valence-electron chi connectivity index (χ1n) is 6.12. The quantitative estimate of drug-likeness (QED) is 0.812. The van der Waals surface area contributed by atoms with E-state index in [1.165, 1.54) is 6.07 Å². The molecular weight excluding hydrogens is 217 g/mol. The van der Waals surface area contributed by atoms with Gasteiger partial charge in [-0.25, -0.2) is 4.39 Å². The first-order chi connectivity index (χ1) is 8.25. The number of piperazine rings is 1. The van der Waals surface area contributed by atoms with Gasteiger partial charge in [0.15, 0.2) is 0 Å². The number of rotatable bonds is 4. The van der Waals surface area contributed by atoms with Crippen LogP contribution in [0.3, 0.4) is 0 Å². The zero-order valence-corrected chi connectivity index (χ0v) is 10.2. The SMILES string of the molecule is CN1CCNCC1CNCc1cccc(F)c1. The van der Waals surface area contributed by atoms with Gasteiger partial charge in [-0.3, -0.25) is 4.90 Å². The van der Waals surface area contributed by atoms with Gasteiger partial charge in [-0.15, -0.1) is 0 Å². The lowest BCUT2D eigenvalue weighted by Gasteiger charge is -2.33. The minimum absolute atomic E-state index is 0.166. The summed E-state index contributed by atoms with van der Waals surface area (Å²) in [5.74, 6) is -0.166. The molecule has 1 unspecified atom stereocenters. The third-order valence-corrected chi connectivity index (χ3v) is 3.24. The molecule has 0 aliphatic carbocycles. The molecule has 17 heavy (non-hydrogen) atoms. The van der Waals surface area contributed by atoms with Crippen LogP contribution in [-0.4, -0.2) is 44.2 Å². The second kappa shape index (κ2) is 6.10. The van der Waals surface area contributed by atoms with Crippen LogP contribution in [0.1, 0.15) is 5.56 Å². The summed E-state index contributed by atoms with van der Waals surface area (Å²) < 4.78 is 13.0. The molecule has 1 aromatic carbocycles. The number of halogens is 1. The largest absolute Gasteiger partial charge is 0.314 e. The molecule has 4 heteroatoms. The molecule has 1 heterocycles. The van der Waals surface area contributed by atoms with Crippen LogP contribution in [0.15, 0.2) is 24.3 Å². The molecule has 1 aliphatic heterocycles. The maximum atomic E-state index is 13.0. The first kappa shape index (κ1) is 12.5. The van der Waals surface area contributed by atoms with Gasteiger partial charge in [0.25, 0.3) is 0 Å². The molecular formula is C13H20FN3. The first-order valence-corrected chi connectivity index (χ1v) is 6.12. The normalized spacial score (nSPS) is 21.6. The molecule has 1 atom stereocenters. The van der Waals surface area contributed by atoms with E-state index in [9.17, 15) is 4.39 Å². The van der Waals surface area contributed by atoms with E-state index in [-0.39, 0.29) is 5.82 Å². The molecule has 94 valence electrons. The molecule has 0 spiro atoms. The van der Waals surface area contributed by atoms with E-state index in [2.05, 4.69) is 22.6 Å². The van der Waals surface area contributed by atoms with Gasteiger partial charge in [0.2, 0.25) is 0 Å². The molecule has 1 saturated heterocycles. The second-order valence-corrected chi connectivity index (χ2v) is 4.60. The predicted molar refractivity (Wildman–Crippen MR) is 67.4 cm³/mol. The van der Waals surface area contributed by atoms with E-state index >= 15 is 0 Å². The fourth-order valence-electron chi connectivity index (χ4n) is 2.12. The Bertz CT molecular complexity index is 356. The summed E-state index contributed by atoms with van der Waals surface area (Å²) in [6.07, 6.45) is 0. The zero-order chi connectivity index (χ0) is 12.1. The molecule has 2 rings (SSSR count). The summed E-state index contributed by atoms with van der Waals surface area (Å²) in [7, 11) is 2.15. The number of nitrogens with zero attached hydrogens (tertiary/aromatic N) is 1. The molecule has 0 bridgehead atoms. The molecule has 2 N–H and O–H groups in total. The van der Waals surface area contributed by atoms with E-state index < -0.39 is 0 Å².